The normalized spacial score (nSPS) is 37.3. The Kier molecular flexibility index (Phi) is 3.88. The van der Waals surface area contributed by atoms with Gasteiger partial charge in [-0.15, -0.1) is 0 Å². The van der Waals surface area contributed by atoms with Gasteiger partial charge in [0.25, 0.3) is 0 Å². The van der Waals surface area contributed by atoms with Crippen molar-refractivity contribution in [2.75, 3.05) is 13.2 Å². The van der Waals surface area contributed by atoms with Gasteiger partial charge in [-0.1, -0.05) is 6.92 Å². The van der Waals surface area contributed by atoms with Gasteiger partial charge in [0, 0.05) is 19.2 Å². The standard InChI is InChI=1S/C13H25NO2/c1-3-13(2)8-11(6-7-16-13)14-9-12(15)10-4-5-10/h10-12,14-15H,3-9H2,1-2H3. The highest BCUT2D eigenvalue weighted by Gasteiger charge is 2.33. The predicted octanol–water partition coefficient (Wildman–Crippen LogP) is 1.69. The third-order valence-corrected chi connectivity index (χ3v) is 4.12. The molecule has 1 saturated carbocycles. The molecule has 0 aromatic heterocycles. The Morgan fingerprint density at radius 2 is 2.19 bits per heavy atom. The molecule has 3 unspecified atom stereocenters. The van der Waals surface area contributed by atoms with Crippen molar-refractivity contribution in [1.82, 2.24) is 5.32 Å². The van der Waals surface area contributed by atoms with Crippen LogP contribution in [0.25, 0.3) is 0 Å². The molecule has 1 saturated heterocycles. The van der Waals surface area contributed by atoms with Crippen molar-refractivity contribution in [3.05, 3.63) is 0 Å². The highest BCUT2D eigenvalue weighted by atomic mass is 16.5. The van der Waals surface area contributed by atoms with E-state index in [0.29, 0.717) is 12.0 Å². The fraction of sp³-hybridized carbons (Fsp3) is 1.00. The summed E-state index contributed by atoms with van der Waals surface area (Å²) in [5.74, 6) is 0.574. The number of ether oxygens (including phenoxy) is 1. The minimum Gasteiger partial charge on any atom is -0.392 e. The molecule has 2 aliphatic rings. The smallest absolute Gasteiger partial charge is 0.0692 e. The zero-order chi connectivity index (χ0) is 11.6. The van der Waals surface area contributed by atoms with Crippen molar-refractivity contribution in [2.45, 2.75) is 63.7 Å². The van der Waals surface area contributed by atoms with Gasteiger partial charge < -0.3 is 15.2 Å². The predicted molar refractivity (Wildman–Crippen MR) is 64.4 cm³/mol. The van der Waals surface area contributed by atoms with Gasteiger partial charge in [-0.2, -0.15) is 0 Å². The summed E-state index contributed by atoms with van der Waals surface area (Å²) in [4.78, 5) is 0. The summed E-state index contributed by atoms with van der Waals surface area (Å²) >= 11 is 0. The third-order valence-electron chi connectivity index (χ3n) is 4.12. The molecule has 3 nitrogen and oxygen atoms in total. The molecule has 1 heterocycles. The maximum atomic E-state index is 9.81. The summed E-state index contributed by atoms with van der Waals surface area (Å²) in [6, 6.07) is 0.520. The van der Waals surface area contributed by atoms with E-state index in [1.165, 1.54) is 12.8 Å². The zero-order valence-corrected chi connectivity index (χ0v) is 10.5. The molecule has 2 N–H and O–H groups in total. The third kappa shape index (κ3) is 3.19. The van der Waals surface area contributed by atoms with Crippen LogP contribution in [0, 0.1) is 5.92 Å². The topological polar surface area (TPSA) is 41.5 Å². The van der Waals surface area contributed by atoms with Crippen LogP contribution in [0.4, 0.5) is 0 Å². The summed E-state index contributed by atoms with van der Waals surface area (Å²) < 4.78 is 5.81. The molecule has 2 fully saturated rings. The summed E-state index contributed by atoms with van der Waals surface area (Å²) in [6.45, 7) is 5.98. The average Bonchev–Trinajstić information content (AvgIpc) is 3.10. The molecule has 2 rings (SSSR count). The minimum absolute atomic E-state index is 0.0421. The molecule has 16 heavy (non-hydrogen) atoms. The number of aliphatic hydroxyl groups excluding tert-OH is 1. The van der Waals surface area contributed by atoms with Gasteiger partial charge in [0.1, 0.15) is 0 Å². The number of hydrogen-bond acceptors (Lipinski definition) is 3. The number of nitrogens with one attached hydrogen (secondary N) is 1. The Labute approximate surface area is 98.6 Å². The Hall–Kier alpha value is -0.120. The maximum Gasteiger partial charge on any atom is 0.0692 e. The molecule has 1 aliphatic carbocycles. The summed E-state index contributed by atoms with van der Waals surface area (Å²) in [5.41, 5.74) is 0.0421. The molecular formula is C13H25NO2. The van der Waals surface area contributed by atoms with Crippen LogP contribution in [0.5, 0.6) is 0 Å². The van der Waals surface area contributed by atoms with E-state index in [0.717, 1.165) is 32.4 Å². The van der Waals surface area contributed by atoms with Crippen molar-refractivity contribution >= 4 is 0 Å². The number of aliphatic hydroxyl groups is 1. The molecular weight excluding hydrogens is 202 g/mol. The lowest BCUT2D eigenvalue weighted by Gasteiger charge is -2.38. The quantitative estimate of drug-likeness (QED) is 0.751. The first-order valence-corrected chi connectivity index (χ1v) is 6.68. The van der Waals surface area contributed by atoms with E-state index >= 15 is 0 Å². The van der Waals surface area contributed by atoms with E-state index in [1.54, 1.807) is 0 Å². The summed E-state index contributed by atoms with van der Waals surface area (Å²) in [5, 5.41) is 13.3. The Bertz CT molecular complexity index is 230. The first kappa shape index (κ1) is 12.3. The molecule has 0 spiro atoms. The van der Waals surface area contributed by atoms with Crippen molar-refractivity contribution in [1.29, 1.82) is 0 Å². The number of hydrogen-bond donors (Lipinski definition) is 2. The fourth-order valence-corrected chi connectivity index (χ4v) is 2.49. The van der Waals surface area contributed by atoms with E-state index in [-0.39, 0.29) is 11.7 Å². The molecule has 0 aromatic rings. The van der Waals surface area contributed by atoms with E-state index in [9.17, 15) is 5.11 Å². The van der Waals surface area contributed by atoms with Gasteiger partial charge in [0.05, 0.1) is 11.7 Å². The average molecular weight is 227 g/mol. The Morgan fingerprint density at radius 1 is 1.44 bits per heavy atom. The van der Waals surface area contributed by atoms with Crippen LogP contribution >= 0.6 is 0 Å². The lowest BCUT2D eigenvalue weighted by Crippen LogP contribution is -2.47. The van der Waals surface area contributed by atoms with Crippen LogP contribution in [-0.2, 0) is 4.74 Å². The molecule has 3 heteroatoms. The van der Waals surface area contributed by atoms with Crippen LogP contribution in [0.15, 0.2) is 0 Å². The molecule has 0 amide bonds. The first-order chi connectivity index (χ1) is 7.63. The lowest BCUT2D eigenvalue weighted by molar-refractivity contribution is -0.0789. The maximum absolute atomic E-state index is 9.81. The number of rotatable bonds is 5. The van der Waals surface area contributed by atoms with Crippen molar-refractivity contribution in [3.63, 3.8) is 0 Å². The van der Waals surface area contributed by atoms with Gasteiger partial charge in [-0.3, -0.25) is 0 Å². The molecule has 94 valence electrons. The van der Waals surface area contributed by atoms with Crippen molar-refractivity contribution in [3.8, 4) is 0 Å². The molecule has 3 atom stereocenters. The van der Waals surface area contributed by atoms with E-state index in [2.05, 4.69) is 19.2 Å². The summed E-state index contributed by atoms with van der Waals surface area (Å²) in [6.07, 6.45) is 5.51. The largest absolute Gasteiger partial charge is 0.392 e. The zero-order valence-electron chi connectivity index (χ0n) is 10.5. The SMILES string of the molecule is CCC1(C)CC(NCC(O)C2CC2)CCO1. The first-order valence-electron chi connectivity index (χ1n) is 6.68. The highest BCUT2D eigenvalue weighted by Crippen LogP contribution is 2.32. The molecule has 1 aliphatic heterocycles. The molecule has 0 radical (unpaired) electrons. The van der Waals surface area contributed by atoms with Crippen LogP contribution in [-0.4, -0.2) is 36.0 Å². The Morgan fingerprint density at radius 3 is 2.81 bits per heavy atom. The van der Waals surface area contributed by atoms with Crippen LogP contribution in [0.3, 0.4) is 0 Å². The van der Waals surface area contributed by atoms with Crippen LogP contribution < -0.4 is 5.32 Å². The summed E-state index contributed by atoms with van der Waals surface area (Å²) in [7, 11) is 0. The fourth-order valence-electron chi connectivity index (χ4n) is 2.49. The second kappa shape index (κ2) is 5.03. The second-order valence-corrected chi connectivity index (χ2v) is 5.65. The lowest BCUT2D eigenvalue weighted by atomic mass is 9.90. The highest BCUT2D eigenvalue weighted by molar-refractivity contribution is 4.88. The van der Waals surface area contributed by atoms with Crippen LogP contribution in [0.2, 0.25) is 0 Å². The van der Waals surface area contributed by atoms with Gasteiger partial charge >= 0.3 is 0 Å². The van der Waals surface area contributed by atoms with Gasteiger partial charge in [-0.25, -0.2) is 0 Å². The van der Waals surface area contributed by atoms with Crippen LogP contribution in [0.1, 0.15) is 46.0 Å². The monoisotopic (exact) mass is 227 g/mol. The molecule has 0 bridgehead atoms. The van der Waals surface area contributed by atoms with Crippen molar-refractivity contribution in [2.24, 2.45) is 5.92 Å². The van der Waals surface area contributed by atoms with E-state index in [1.807, 2.05) is 0 Å². The Balaban J connectivity index is 1.72. The second-order valence-electron chi connectivity index (χ2n) is 5.65. The van der Waals surface area contributed by atoms with Gasteiger partial charge in [0.15, 0.2) is 0 Å². The van der Waals surface area contributed by atoms with Crippen molar-refractivity contribution < 1.29 is 9.84 Å². The molecule has 0 aromatic carbocycles. The van der Waals surface area contributed by atoms with E-state index in [4.69, 9.17) is 4.74 Å². The minimum atomic E-state index is -0.129. The van der Waals surface area contributed by atoms with E-state index < -0.39 is 0 Å². The van der Waals surface area contributed by atoms with Gasteiger partial charge in [0.2, 0.25) is 0 Å². The van der Waals surface area contributed by atoms with Gasteiger partial charge in [-0.05, 0) is 44.9 Å².